The highest BCUT2D eigenvalue weighted by Crippen LogP contribution is 2.16. The summed E-state index contributed by atoms with van der Waals surface area (Å²) in [6, 6.07) is 1.83. The lowest BCUT2D eigenvalue weighted by molar-refractivity contribution is 0.928. The number of hydrogen-bond donors (Lipinski definition) is 1. The fourth-order valence-electron chi connectivity index (χ4n) is 0.839. The first-order valence-electron chi connectivity index (χ1n) is 3.93. The molecule has 0 atom stereocenters. The van der Waals surface area contributed by atoms with Gasteiger partial charge in [-0.15, -0.1) is 12.6 Å². The molecule has 1 heterocycles. The first kappa shape index (κ1) is 10.1. The number of nitrogens with zero attached hydrogens (tertiary/aromatic N) is 4. The van der Waals surface area contributed by atoms with E-state index in [0.717, 1.165) is 5.82 Å². The zero-order valence-electron chi connectivity index (χ0n) is 8.31. The molecule has 0 aromatic carbocycles. The van der Waals surface area contributed by atoms with E-state index in [1.54, 1.807) is 0 Å². The maximum absolute atomic E-state index is 4.32. The lowest BCUT2D eigenvalue weighted by Crippen LogP contribution is -2.17. The van der Waals surface area contributed by atoms with Crippen molar-refractivity contribution in [2.45, 2.75) is 5.03 Å². The molecule has 4 nitrogen and oxygen atoms in total. The molecule has 0 saturated heterocycles. The summed E-state index contributed by atoms with van der Waals surface area (Å²) < 4.78 is 0. The smallest absolute Gasteiger partial charge is 0.227 e. The first-order valence-corrected chi connectivity index (χ1v) is 4.38. The van der Waals surface area contributed by atoms with E-state index in [0.29, 0.717) is 11.0 Å². The minimum atomic E-state index is 0.677. The predicted octanol–water partition coefficient (Wildman–Crippen LogP) is 0.897. The summed E-state index contributed by atoms with van der Waals surface area (Å²) >= 11 is 4.21. The highest BCUT2D eigenvalue weighted by molar-refractivity contribution is 7.80. The maximum atomic E-state index is 4.32. The lowest BCUT2D eigenvalue weighted by Gasteiger charge is -2.15. The zero-order chi connectivity index (χ0) is 10.0. The highest BCUT2D eigenvalue weighted by atomic mass is 32.1. The second kappa shape index (κ2) is 3.83. The van der Waals surface area contributed by atoms with Crippen molar-refractivity contribution in [1.82, 2.24) is 9.97 Å². The Morgan fingerprint density at radius 2 is 1.69 bits per heavy atom. The first-order chi connectivity index (χ1) is 6.00. The van der Waals surface area contributed by atoms with Gasteiger partial charge in [-0.1, -0.05) is 0 Å². The second-order valence-corrected chi connectivity index (χ2v) is 3.63. The van der Waals surface area contributed by atoms with Crippen LogP contribution in [-0.2, 0) is 0 Å². The van der Waals surface area contributed by atoms with Crippen molar-refractivity contribution < 1.29 is 0 Å². The van der Waals surface area contributed by atoms with E-state index in [9.17, 15) is 0 Å². The topological polar surface area (TPSA) is 32.3 Å². The Morgan fingerprint density at radius 1 is 1.08 bits per heavy atom. The van der Waals surface area contributed by atoms with E-state index in [-0.39, 0.29) is 0 Å². The van der Waals surface area contributed by atoms with Crippen molar-refractivity contribution in [2.75, 3.05) is 38.0 Å². The number of hydrogen-bond acceptors (Lipinski definition) is 5. The summed E-state index contributed by atoms with van der Waals surface area (Å²) in [5, 5.41) is 0.683. The average molecular weight is 198 g/mol. The zero-order valence-corrected chi connectivity index (χ0v) is 9.21. The van der Waals surface area contributed by atoms with Gasteiger partial charge in [0.2, 0.25) is 5.95 Å². The third kappa shape index (κ3) is 2.48. The standard InChI is InChI=1S/C8H14N4S/c1-11(2)6-5-7(13)10-8(9-6)12(3)4/h5H,1-4H3,(H,9,10,13). The SMILES string of the molecule is CN(C)c1cc(S)nc(N(C)C)n1. The van der Waals surface area contributed by atoms with Crippen LogP contribution in [0.3, 0.4) is 0 Å². The molecule has 1 rings (SSSR count). The Bertz CT molecular complexity index is 272. The fourth-order valence-corrected chi connectivity index (χ4v) is 1.04. The third-order valence-corrected chi connectivity index (χ3v) is 1.77. The Hall–Kier alpha value is -0.970. The number of rotatable bonds is 2. The van der Waals surface area contributed by atoms with Crippen molar-refractivity contribution >= 4 is 24.4 Å². The highest BCUT2D eigenvalue weighted by Gasteiger charge is 2.04. The summed E-state index contributed by atoms with van der Waals surface area (Å²) in [7, 11) is 7.69. The van der Waals surface area contributed by atoms with E-state index in [4.69, 9.17) is 0 Å². The fraction of sp³-hybridized carbons (Fsp3) is 0.500. The summed E-state index contributed by atoms with van der Waals surface area (Å²) in [5.41, 5.74) is 0. The van der Waals surface area contributed by atoms with Crippen LogP contribution >= 0.6 is 12.6 Å². The molecule has 72 valence electrons. The Morgan fingerprint density at radius 3 is 2.15 bits per heavy atom. The van der Waals surface area contributed by atoms with Crippen LogP contribution in [0.5, 0.6) is 0 Å². The van der Waals surface area contributed by atoms with E-state index < -0.39 is 0 Å². The van der Waals surface area contributed by atoms with Gasteiger partial charge in [0.05, 0.1) is 0 Å². The summed E-state index contributed by atoms with van der Waals surface area (Å²) in [6.45, 7) is 0. The van der Waals surface area contributed by atoms with Gasteiger partial charge in [-0.25, -0.2) is 4.98 Å². The minimum absolute atomic E-state index is 0.677. The maximum Gasteiger partial charge on any atom is 0.227 e. The molecule has 0 aliphatic carbocycles. The predicted molar refractivity (Wildman–Crippen MR) is 57.9 cm³/mol. The molecule has 1 aromatic heterocycles. The molecule has 0 aliphatic heterocycles. The van der Waals surface area contributed by atoms with Gasteiger partial charge in [0.15, 0.2) is 0 Å². The Labute approximate surface area is 84.0 Å². The van der Waals surface area contributed by atoms with Crippen molar-refractivity contribution in [3.8, 4) is 0 Å². The van der Waals surface area contributed by atoms with Crippen molar-refractivity contribution in [1.29, 1.82) is 0 Å². The molecule has 0 fully saturated rings. The Kier molecular flexibility index (Phi) is 2.98. The van der Waals surface area contributed by atoms with E-state index in [1.165, 1.54) is 0 Å². The summed E-state index contributed by atoms with van der Waals surface area (Å²) in [5.74, 6) is 1.54. The summed E-state index contributed by atoms with van der Waals surface area (Å²) in [4.78, 5) is 12.3. The second-order valence-electron chi connectivity index (χ2n) is 3.17. The van der Waals surface area contributed by atoms with Crippen LogP contribution in [0.4, 0.5) is 11.8 Å². The van der Waals surface area contributed by atoms with E-state index in [2.05, 4.69) is 22.6 Å². The Balaban J connectivity index is 3.11. The van der Waals surface area contributed by atoms with E-state index in [1.807, 2.05) is 44.1 Å². The molecular weight excluding hydrogens is 184 g/mol. The molecule has 0 radical (unpaired) electrons. The van der Waals surface area contributed by atoms with Crippen molar-refractivity contribution in [3.05, 3.63) is 6.07 Å². The molecule has 1 aromatic rings. The third-order valence-electron chi connectivity index (χ3n) is 1.55. The molecule has 5 heteroatoms. The van der Waals surface area contributed by atoms with Gasteiger partial charge in [-0.2, -0.15) is 4.98 Å². The van der Waals surface area contributed by atoms with Crippen molar-refractivity contribution in [2.24, 2.45) is 0 Å². The quantitative estimate of drug-likeness (QED) is 0.565. The van der Waals surface area contributed by atoms with E-state index >= 15 is 0 Å². The average Bonchev–Trinajstić information content (AvgIpc) is 2.03. The monoisotopic (exact) mass is 198 g/mol. The molecule has 0 bridgehead atoms. The summed E-state index contributed by atoms with van der Waals surface area (Å²) in [6.07, 6.45) is 0. The molecule has 0 aliphatic rings. The van der Waals surface area contributed by atoms with Gasteiger partial charge in [-0.05, 0) is 0 Å². The molecule has 0 saturated carbocycles. The molecule has 0 N–H and O–H groups in total. The van der Waals surface area contributed by atoms with Crippen LogP contribution in [-0.4, -0.2) is 38.2 Å². The number of aromatic nitrogens is 2. The van der Waals surface area contributed by atoms with Gasteiger partial charge in [0, 0.05) is 34.3 Å². The number of thiol groups is 1. The van der Waals surface area contributed by atoms with Crippen molar-refractivity contribution in [3.63, 3.8) is 0 Å². The molecule has 0 amide bonds. The van der Waals surface area contributed by atoms with Crippen LogP contribution in [0.15, 0.2) is 11.1 Å². The molecule has 13 heavy (non-hydrogen) atoms. The van der Waals surface area contributed by atoms with Gasteiger partial charge < -0.3 is 9.80 Å². The largest absolute Gasteiger partial charge is 0.363 e. The minimum Gasteiger partial charge on any atom is -0.363 e. The van der Waals surface area contributed by atoms with Gasteiger partial charge in [0.1, 0.15) is 10.8 Å². The van der Waals surface area contributed by atoms with Crippen LogP contribution in [0.25, 0.3) is 0 Å². The lowest BCUT2D eigenvalue weighted by atomic mass is 10.5. The number of anilines is 2. The normalized spacial score (nSPS) is 9.92. The van der Waals surface area contributed by atoms with Crippen LogP contribution in [0.2, 0.25) is 0 Å². The van der Waals surface area contributed by atoms with Crippen LogP contribution in [0, 0.1) is 0 Å². The van der Waals surface area contributed by atoms with Gasteiger partial charge in [0.25, 0.3) is 0 Å². The molecule has 0 spiro atoms. The molecular formula is C8H14N4S. The molecule has 0 unspecified atom stereocenters. The van der Waals surface area contributed by atoms with Crippen LogP contribution < -0.4 is 9.80 Å². The van der Waals surface area contributed by atoms with Gasteiger partial charge >= 0.3 is 0 Å². The van der Waals surface area contributed by atoms with Crippen LogP contribution in [0.1, 0.15) is 0 Å². The van der Waals surface area contributed by atoms with Gasteiger partial charge in [-0.3, -0.25) is 0 Å².